The van der Waals surface area contributed by atoms with Crippen LogP contribution in [0.5, 0.6) is 0 Å². The number of hydrogen-bond acceptors (Lipinski definition) is 4. The maximum absolute atomic E-state index is 12.6. The minimum Gasteiger partial charge on any atom is -0.378 e. The van der Waals surface area contributed by atoms with E-state index in [0.717, 1.165) is 25.7 Å². The van der Waals surface area contributed by atoms with Crippen molar-refractivity contribution in [2.24, 2.45) is 11.8 Å². The van der Waals surface area contributed by atoms with E-state index in [0.29, 0.717) is 26.3 Å². The van der Waals surface area contributed by atoms with Crippen molar-refractivity contribution in [2.75, 3.05) is 32.8 Å². The Morgan fingerprint density at radius 3 is 2.50 bits per heavy atom. The number of carbonyl (C=O) groups excluding carboxylic acids is 2. The van der Waals surface area contributed by atoms with Gasteiger partial charge in [-0.05, 0) is 12.8 Å². The normalized spacial score (nSPS) is 26.6. The van der Waals surface area contributed by atoms with Crippen LogP contribution in [-0.4, -0.2) is 49.6 Å². The molecule has 20 heavy (non-hydrogen) atoms. The third kappa shape index (κ3) is 3.48. The number of nitrogens with zero attached hydrogens (tertiary/aromatic N) is 2. The summed E-state index contributed by atoms with van der Waals surface area (Å²) in [6.45, 7) is 2.38. The first-order chi connectivity index (χ1) is 9.74. The molecule has 6 heteroatoms. The van der Waals surface area contributed by atoms with Crippen molar-refractivity contribution in [3.05, 3.63) is 0 Å². The summed E-state index contributed by atoms with van der Waals surface area (Å²) >= 11 is 0. The molecule has 2 rings (SSSR count). The van der Waals surface area contributed by atoms with E-state index in [2.05, 4.69) is 5.32 Å². The van der Waals surface area contributed by atoms with Crippen LogP contribution in [0.4, 0.5) is 0 Å². The molecule has 1 saturated carbocycles. The molecule has 2 fully saturated rings. The van der Waals surface area contributed by atoms with Crippen LogP contribution in [0.25, 0.3) is 0 Å². The maximum Gasteiger partial charge on any atom is 0.226 e. The van der Waals surface area contributed by atoms with E-state index < -0.39 is 0 Å². The summed E-state index contributed by atoms with van der Waals surface area (Å²) in [5, 5.41) is 11.1. The van der Waals surface area contributed by atoms with Gasteiger partial charge in [-0.1, -0.05) is 12.8 Å². The SMILES string of the molecule is N#CCNC(=O)C1CCCCC1C(=O)N1CCOCC1. The zero-order valence-electron chi connectivity index (χ0n) is 11.6. The van der Waals surface area contributed by atoms with Gasteiger partial charge in [-0.2, -0.15) is 5.26 Å². The second-order valence-electron chi connectivity index (χ2n) is 5.31. The number of nitriles is 1. The molecule has 0 bridgehead atoms. The number of morpholine rings is 1. The van der Waals surface area contributed by atoms with Crippen LogP contribution < -0.4 is 5.32 Å². The molecule has 2 amide bonds. The standard InChI is InChI=1S/C14H21N3O3/c15-5-6-16-13(18)11-3-1-2-4-12(11)14(19)17-7-9-20-10-8-17/h11-12H,1-4,6-10H2,(H,16,18). The van der Waals surface area contributed by atoms with Crippen molar-refractivity contribution in [1.82, 2.24) is 10.2 Å². The highest BCUT2D eigenvalue weighted by atomic mass is 16.5. The Bertz CT molecular complexity index is 399. The highest BCUT2D eigenvalue weighted by molar-refractivity contribution is 5.88. The van der Waals surface area contributed by atoms with Gasteiger partial charge in [-0.15, -0.1) is 0 Å². The molecular weight excluding hydrogens is 258 g/mol. The molecule has 0 spiro atoms. The van der Waals surface area contributed by atoms with Crippen molar-refractivity contribution < 1.29 is 14.3 Å². The van der Waals surface area contributed by atoms with Crippen molar-refractivity contribution in [2.45, 2.75) is 25.7 Å². The molecule has 0 aromatic rings. The van der Waals surface area contributed by atoms with Crippen LogP contribution >= 0.6 is 0 Å². The Balaban J connectivity index is 2.00. The number of carbonyl (C=O) groups is 2. The lowest BCUT2D eigenvalue weighted by atomic mass is 9.77. The smallest absolute Gasteiger partial charge is 0.226 e. The summed E-state index contributed by atoms with van der Waals surface area (Å²) in [6.07, 6.45) is 3.46. The lowest BCUT2D eigenvalue weighted by Crippen LogP contribution is -2.48. The fourth-order valence-corrected chi connectivity index (χ4v) is 3.02. The van der Waals surface area contributed by atoms with Crippen LogP contribution in [0.15, 0.2) is 0 Å². The molecule has 0 aromatic carbocycles. The van der Waals surface area contributed by atoms with Gasteiger partial charge in [0.05, 0.1) is 19.3 Å². The fraction of sp³-hybridized carbons (Fsp3) is 0.786. The van der Waals surface area contributed by atoms with E-state index in [1.54, 1.807) is 0 Å². The molecule has 2 unspecified atom stereocenters. The number of hydrogen-bond donors (Lipinski definition) is 1. The van der Waals surface area contributed by atoms with Gasteiger partial charge in [0.1, 0.15) is 6.54 Å². The fourth-order valence-electron chi connectivity index (χ4n) is 3.02. The van der Waals surface area contributed by atoms with Gasteiger partial charge in [0.25, 0.3) is 0 Å². The molecule has 0 aromatic heterocycles. The zero-order valence-corrected chi connectivity index (χ0v) is 11.6. The molecule has 2 aliphatic rings. The molecule has 2 atom stereocenters. The van der Waals surface area contributed by atoms with Crippen LogP contribution in [0.1, 0.15) is 25.7 Å². The first kappa shape index (κ1) is 14.8. The van der Waals surface area contributed by atoms with Gasteiger partial charge in [0.2, 0.25) is 11.8 Å². The van der Waals surface area contributed by atoms with Crippen LogP contribution in [0.3, 0.4) is 0 Å². The van der Waals surface area contributed by atoms with E-state index in [9.17, 15) is 9.59 Å². The van der Waals surface area contributed by atoms with Crippen molar-refractivity contribution in [1.29, 1.82) is 5.26 Å². The number of nitrogens with one attached hydrogen (secondary N) is 1. The van der Waals surface area contributed by atoms with E-state index in [-0.39, 0.29) is 30.2 Å². The highest BCUT2D eigenvalue weighted by Crippen LogP contribution is 2.32. The lowest BCUT2D eigenvalue weighted by Gasteiger charge is -2.35. The summed E-state index contributed by atoms with van der Waals surface area (Å²) in [6, 6.07) is 1.90. The third-order valence-electron chi connectivity index (χ3n) is 4.08. The van der Waals surface area contributed by atoms with Crippen LogP contribution in [0, 0.1) is 23.2 Å². The summed E-state index contributed by atoms with van der Waals surface area (Å²) in [7, 11) is 0. The number of amides is 2. The minimum absolute atomic E-state index is 0.00774. The van der Waals surface area contributed by atoms with Gasteiger partial charge in [0.15, 0.2) is 0 Å². The summed E-state index contributed by atoms with van der Waals surface area (Å²) < 4.78 is 5.26. The summed E-state index contributed by atoms with van der Waals surface area (Å²) in [5.74, 6) is -0.601. The highest BCUT2D eigenvalue weighted by Gasteiger charge is 2.37. The van der Waals surface area contributed by atoms with Gasteiger partial charge < -0.3 is 15.0 Å². The topological polar surface area (TPSA) is 82.4 Å². The predicted molar refractivity (Wildman–Crippen MR) is 71.5 cm³/mol. The molecule has 110 valence electrons. The van der Waals surface area contributed by atoms with E-state index in [1.165, 1.54) is 0 Å². The Kier molecular flexibility index (Phi) is 5.36. The molecular formula is C14H21N3O3. The van der Waals surface area contributed by atoms with Gasteiger partial charge in [-0.25, -0.2) is 0 Å². The van der Waals surface area contributed by atoms with E-state index in [1.807, 2.05) is 11.0 Å². The van der Waals surface area contributed by atoms with E-state index >= 15 is 0 Å². The first-order valence-electron chi connectivity index (χ1n) is 7.25. The summed E-state index contributed by atoms with van der Waals surface area (Å²) in [5.41, 5.74) is 0. The largest absolute Gasteiger partial charge is 0.378 e. The number of rotatable bonds is 3. The van der Waals surface area contributed by atoms with Crippen molar-refractivity contribution in [3.63, 3.8) is 0 Å². The molecule has 6 nitrogen and oxygen atoms in total. The Labute approximate surface area is 119 Å². The predicted octanol–water partition coefficient (Wildman–Crippen LogP) is 0.291. The molecule has 1 saturated heterocycles. The molecule has 1 aliphatic carbocycles. The van der Waals surface area contributed by atoms with Crippen molar-refractivity contribution >= 4 is 11.8 Å². The maximum atomic E-state index is 12.6. The monoisotopic (exact) mass is 279 g/mol. The Hall–Kier alpha value is -1.61. The second-order valence-corrected chi connectivity index (χ2v) is 5.31. The first-order valence-corrected chi connectivity index (χ1v) is 7.25. The molecule has 1 heterocycles. The van der Waals surface area contributed by atoms with Crippen molar-refractivity contribution in [3.8, 4) is 6.07 Å². The van der Waals surface area contributed by atoms with E-state index in [4.69, 9.17) is 10.00 Å². The lowest BCUT2D eigenvalue weighted by molar-refractivity contribution is -0.146. The molecule has 0 radical (unpaired) electrons. The quantitative estimate of drug-likeness (QED) is 0.753. The zero-order chi connectivity index (χ0) is 14.4. The Morgan fingerprint density at radius 1 is 1.20 bits per heavy atom. The Morgan fingerprint density at radius 2 is 1.85 bits per heavy atom. The van der Waals surface area contributed by atoms with Gasteiger partial charge in [-0.3, -0.25) is 9.59 Å². The average Bonchev–Trinajstić information content (AvgIpc) is 2.52. The molecule has 1 aliphatic heterocycles. The average molecular weight is 279 g/mol. The second kappa shape index (κ2) is 7.25. The number of ether oxygens (including phenoxy) is 1. The third-order valence-corrected chi connectivity index (χ3v) is 4.08. The van der Waals surface area contributed by atoms with Gasteiger partial charge >= 0.3 is 0 Å². The summed E-state index contributed by atoms with van der Waals surface area (Å²) in [4.78, 5) is 26.5. The van der Waals surface area contributed by atoms with Crippen LogP contribution in [0.2, 0.25) is 0 Å². The van der Waals surface area contributed by atoms with Crippen LogP contribution in [-0.2, 0) is 14.3 Å². The van der Waals surface area contributed by atoms with Gasteiger partial charge in [0, 0.05) is 24.9 Å². The molecule has 1 N–H and O–H groups in total. The minimum atomic E-state index is -0.285.